The minimum Gasteiger partial charge on any atom is -0.366 e. The molecule has 16 heavy (non-hydrogen) atoms. The largest absolute Gasteiger partial charge is 0.366 e. The van der Waals surface area contributed by atoms with Crippen LogP contribution in [0, 0.1) is 0 Å². The summed E-state index contributed by atoms with van der Waals surface area (Å²) in [6, 6.07) is 0. The Balaban J connectivity index is 2.42. The van der Waals surface area contributed by atoms with E-state index in [1.807, 2.05) is 14.1 Å². The molecule has 0 atom stereocenters. The highest BCUT2D eigenvalue weighted by molar-refractivity contribution is 5.90. The molecular formula is C9H18N6O. The predicted octanol–water partition coefficient (Wildman–Crippen LogP) is -0.589. The minimum absolute atomic E-state index is 0.0880. The molecule has 1 heterocycles. The maximum absolute atomic E-state index is 11.8. The second-order valence-corrected chi connectivity index (χ2v) is 3.93. The second kappa shape index (κ2) is 5.45. The van der Waals surface area contributed by atoms with Crippen LogP contribution in [0.1, 0.15) is 17.0 Å². The van der Waals surface area contributed by atoms with Crippen LogP contribution >= 0.6 is 0 Å². The number of rotatable bonds is 5. The summed E-state index contributed by atoms with van der Waals surface area (Å²) >= 11 is 0. The van der Waals surface area contributed by atoms with Gasteiger partial charge in [-0.25, -0.2) is 0 Å². The molecule has 90 valence electrons. The fourth-order valence-corrected chi connectivity index (χ4v) is 1.28. The van der Waals surface area contributed by atoms with Gasteiger partial charge in [0.05, 0.1) is 0 Å². The summed E-state index contributed by atoms with van der Waals surface area (Å²) in [6.07, 6.45) is 0.916. The summed E-state index contributed by atoms with van der Waals surface area (Å²) in [5.74, 6) is 0.0813. The van der Waals surface area contributed by atoms with Gasteiger partial charge in [0, 0.05) is 13.6 Å². The van der Waals surface area contributed by atoms with Crippen LogP contribution in [0.5, 0.6) is 0 Å². The Kier molecular flexibility index (Phi) is 4.24. The lowest BCUT2D eigenvalue weighted by Crippen LogP contribution is -2.30. The number of nitrogen functional groups attached to an aromatic ring is 1. The Morgan fingerprint density at radius 3 is 2.56 bits per heavy atom. The summed E-state index contributed by atoms with van der Waals surface area (Å²) in [4.78, 5) is 19.2. The maximum atomic E-state index is 11.8. The molecule has 1 aromatic heterocycles. The fraction of sp³-hybridized carbons (Fsp3) is 0.667. The quantitative estimate of drug-likeness (QED) is 0.700. The van der Waals surface area contributed by atoms with E-state index in [2.05, 4.69) is 20.1 Å². The highest BCUT2D eigenvalue weighted by Gasteiger charge is 2.15. The van der Waals surface area contributed by atoms with E-state index in [1.54, 1.807) is 11.9 Å². The van der Waals surface area contributed by atoms with Crippen molar-refractivity contribution in [2.24, 2.45) is 0 Å². The van der Waals surface area contributed by atoms with Crippen LogP contribution in [-0.2, 0) is 0 Å². The highest BCUT2D eigenvalue weighted by Crippen LogP contribution is 1.99. The summed E-state index contributed by atoms with van der Waals surface area (Å²) in [5.41, 5.74) is 5.33. The number of nitrogens with zero attached hydrogens (tertiary/aromatic N) is 4. The third-order valence-electron chi connectivity index (χ3n) is 2.15. The van der Waals surface area contributed by atoms with Crippen molar-refractivity contribution in [1.82, 2.24) is 25.0 Å². The minimum atomic E-state index is -0.192. The van der Waals surface area contributed by atoms with E-state index < -0.39 is 0 Å². The molecule has 0 aliphatic heterocycles. The lowest BCUT2D eigenvalue weighted by atomic mass is 10.3. The first-order valence-electron chi connectivity index (χ1n) is 5.08. The van der Waals surface area contributed by atoms with E-state index in [0.717, 1.165) is 13.0 Å². The van der Waals surface area contributed by atoms with E-state index >= 15 is 0 Å². The normalized spacial score (nSPS) is 10.8. The van der Waals surface area contributed by atoms with Gasteiger partial charge < -0.3 is 15.5 Å². The zero-order valence-electron chi connectivity index (χ0n) is 9.90. The number of aromatic amines is 1. The van der Waals surface area contributed by atoms with Crippen molar-refractivity contribution in [1.29, 1.82) is 0 Å². The number of nitrogens with two attached hydrogens (primary N) is 1. The molecular weight excluding hydrogens is 208 g/mol. The molecule has 0 aliphatic carbocycles. The second-order valence-electron chi connectivity index (χ2n) is 3.93. The van der Waals surface area contributed by atoms with Crippen molar-refractivity contribution in [3.8, 4) is 0 Å². The molecule has 1 rings (SSSR count). The first-order chi connectivity index (χ1) is 7.50. The third-order valence-corrected chi connectivity index (χ3v) is 2.15. The molecule has 7 heteroatoms. The average Bonchev–Trinajstić information content (AvgIpc) is 2.63. The lowest BCUT2D eigenvalue weighted by Gasteiger charge is -2.16. The smallest absolute Gasteiger partial charge is 0.290 e. The highest BCUT2D eigenvalue weighted by atomic mass is 16.2. The number of nitrogens with one attached hydrogen (secondary N) is 1. The van der Waals surface area contributed by atoms with Crippen LogP contribution in [0.25, 0.3) is 0 Å². The molecule has 1 amide bonds. The van der Waals surface area contributed by atoms with Gasteiger partial charge in [0.1, 0.15) is 0 Å². The van der Waals surface area contributed by atoms with Crippen molar-refractivity contribution < 1.29 is 4.79 Å². The van der Waals surface area contributed by atoms with Crippen molar-refractivity contribution in [2.75, 3.05) is 40.0 Å². The van der Waals surface area contributed by atoms with Gasteiger partial charge in [0.15, 0.2) is 0 Å². The van der Waals surface area contributed by atoms with Crippen molar-refractivity contribution in [2.45, 2.75) is 6.42 Å². The Morgan fingerprint density at radius 2 is 2.06 bits per heavy atom. The first kappa shape index (κ1) is 12.4. The van der Waals surface area contributed by atoms with Gasteiger partial charge in [0.25, 0.3) is 5.91 Å². The summed E-state index contributed by atoms with van der Waals surface area (Å²) < 4.78 is 0. The van der Waals surface area contributed by atoms with E-state index in [9.17, 15) is 4.79 Å². The number of carbonyl (C=O) groups excluding carboxylic acids is 1. The first-order valence-corrected chi connectivity index (χ1v) is 5.08. The molecule has 0 radical (unpaired) electrons. The number of hydrogen-bond acceptors (Lipinski definition) is 5. The van der Waals surface area contributed by atoms with Crippen molar-refractivity contribution >= 4 is 11.9 Å². The van der Waals surface area contributed by atoms with Crippen LogP contribution < -0.4 is 5.73 Å². The summed E-state index contributed by atoms with van der Waals surface area (Å²) in [6.45, 7) is 1.62. The van der Waals surface area contributed by atoms with Crippen LogP contribution in [0.15, 0.2) is 0 Å². The lowest BCUT2D eigenvalue weighted by molar-refractivity contribution is 0.0779. The van der Waals surface area contributed by atoms with Crippen LogP contribution in [0.4, 0.5) is 5.95 Å². The third kappa shape index (κ3) is 3.50. The number of hydrogen-bond donors (Lipinski definition) is 2. The van der Waals surface area contributed by atoms with E-state index in [1.165, 1.54) is 0 Å². The van der Waals surface area contributed by atoms with Crippen molar-refractivity contribution in [3.05, 3.63) is 5.82 Å². The monoisotopic (exact) mass is 226 g/mol. The Morgan fingerprint density at radius 1 is 1.38 bits per heavy atom. The van der Waals surface area contributed by atoms with E-state index in [-0.39, 0.29) is 17.7 Å². The molecule has 0 saturated carbocycles. The molecule has 0 spiro atoms. The van der Waals surface area contributed by atoms with Gasteiger partial charge in [-0.3, -0.25) is 9.89 Å². The number of anilines is 1. The zero-order chi connectivity index (χ0) is 12.1. The molecule has 7 nitrogen and oxygen atoms in total. The van der Waals surface area contributed by atoms with Gasteiger partial charge in [-0.15, -0.1) is 5.10 Å². The Hall–Kier alpha value is -1.63. The van der Waals surface area contributed by atoms with Crippen LogP contribution in [-0.4, -0.2) is 65.1 Å². The molecule has 1 aromatic rings. The Labute approximate surface area is 94.6 Å². The van der Waals surface area contributed by atoms with E-state index in [0.29, 0.717) is 6.54 Å². The maximum Gasteiger partial charge on any atom is 0.290 e. The molecule has 0 aromatic carbocycles. The molecule has 3 N–H and O–H groups in total. The van der Waals surface area contributed by atoms with Gasteiger partial charge in [-0.05, 0) is 27.1 Å². The number of amides is 1. The van der Waals surface area contributed by atoms with Gasteiger partial charge in [0.2, 0.25) is 11.8 Å². The van der Waals surface area contributed by atoms with Gasteiger partial charge >= 0.3 is 0 Å². The molecule has 0 bridgehead atoms. The SMILES string of the molecule is CN(C)CCCN(C)C(=O)c1nc(N)n[nH]1. The van der Waals surface area contributed by atoms with Crippen LogP contribution in [0.2, 0.25) is 0 Å². The standard InChI is InChI=1S/C9H18N6O/c1-14(2)5-4-6-15(3)8(16)7-11-9(10)13-12-7/h4-6H2,1-3H3,(H3,10,11,12,13). The number of aromatic nitrogens is 3. The Bertz CT molecular complexity index is 348. The van der Waals surface area contributed by atoms with Gasteiger partial charge in [-0.2, -0.15) is 4.98 Å². The predicted molar refractivity (Wildman–Crippen MR) is 60.9 cm³/mol. The molecule has 0 fully saturated rings. The van der Waals surface area contributed by atoms with Crippen LogP contribution in [0.3, 0.4) is 0 Å². The molecule has 0 saturated heterocycles. The fourth-order valence-electron chi connectivity index (χ4n) is 1.28. The summed E-state index contributed by atoms with van der Waals surface area (Å²) in [7, 11) is 5.73. The summed E-state index contributed by atoms with van der Waals surface area (Å²) in [5, 5.41) is 6.11. The molecule has 0 unspecified atom stereocenters. The number of H-pyrrole nitrogens is 1. The van der Waals surface area contributed by atoms with E-state index in [4.69, 9.17) is 5.73 Å². The topological polar surface area (TPSA) is 91.1 Å². The average molecular weight is 226 g/mol. The van der Waals surface area contributed by atoms with Gasteiger partial charge in [-0.1, -0.05) is 0 Å². The van der Waals surface area contributed by atoms with Crippen molar-refractivity contribution in [3.63, 3.8) is 0 Å². The zero-order valence-corrected chi connectivity index (χ0v) is 9.90. The number of carbonyl (C=O) groups is 1. The molecule has 0 aliphatic rings.